The number of sulfonamides is 1. The highest BCUT2D eigenvalue weighted by Gasteiger charge is 2.27. The highest BCUT2D eigenvalue weighted by Crippen LogP contribution is 2.25. The third-order valence-corrected chi connectivity index (χ3v) is 5.09. The zero-order valence-electron chi connectivity index (χ0n) is 12.5. The molecule has 0 saturated heterocycles. The van der Waals surface area contributed by atoms with Gasteiger partial charge in [0.15, 0.2) is 0 Å². The van der Waals surface area contributed by atoms with Gasteiger partial charge in [0.2, 0.25) is 0 Å². The second-order valence-electron chi connectivity index (χ2n) is 5.04. The minimum Gasteiger partial charge on any atom is -0.391 e. The van der Waals surface area contributed by atoms with E-state index in [2.05, 4.69) is 0 Å². The van der Waals surface area contributed by atoms with Crippen LogP contribution in [0.25, 0.3) is 0 Å². The van der Waals surface area contributed by atoms with E-state index in [9.17, 15) is 22.3 Å². The number of hydrogen-bond donors (Lipinski definition) is 1. The van der Waals surface area contributed by atoms with E-state index in [1.807, 2.05) is 0 Å². The van der Waals surface area contributed by atoms with Crippen LogP contribution in [0.15, 0.2) is 53.4 Å². The van der Waals surface area contributed by atoms with Crippen LogP contribution in [-0.2, 0) is 10.0 Å². The first kappa shape index (κ1) is 17.4. The van der Waals surface area contributed by atoms with Crippen molar-refractivity contribution >= 4 is 15.7 Å². The second kappa shape index (κ2) is 7.06. The summed E-state index contributed by atoms with van der Waals surface area (Å²) in [6.45, 7) is 1.50. The Morgan fingerprint density at radius 3 is 2.17 bits per heavy atom. The van der Waals surface area contributed by atoms with Gasteiger partial charge in [-0.1, -0.05) is 25.1 Å². The molecule has 0 aliphatic heterocycles. The topological polar surface area (TPSA) is 57.6 Å². The van der Waals surface area contributed by atoms with E-state index in [0.29, 0.717) is 18.2 Å². The molecule has 0 aliphatic carbocycles. The van der Waals surface area contributed by atoms with Crippen molar-refractivity contribution in [3.63, 3.8) is 0 Å². The summed E-state index contributed by atoms with van der Waals surface area (Å²) in [6.07, 6.45) is -0.556. The van der Waals surface area contributed by atoms with Crippen LogP contribution in [0.4, 0.5) is 14.5 Å². The van der Waals surface area contributed by atoms with E-state index in [-0.39, 0.29) is 6.54 Å². The molecule has 0 amide bonds. The Kier molecular flexibility index (Phi) is 5.33. The van der Waals surface area contributed by atoms with Gasteiger partial charge in [-0.3, -0.25) is 4.31 Å². The van der Waals surface area contributed by atoms with E-state index in [0.717, 1.165) is 16.4 Å². The first-order valence-electron chi connectivity index (χ1n) is 7.06. The van der Waals surface area contributed by atoms with Crippen LogP contribution in [0.2, 0.25) is 0 Å². The standard InChI is InChI=1S/C16H17F2NO3S/c1-2-15(20)11-19(14-6-4-3-5-7-14)23(21,22)16-9-12(17)8-13(18)10-16/h3-10,15,20H,2,11H2,1H3. The average molecular weight is 341 g/mol. The molecule has 0 spiro atoms. The second-order valence-corrected chi connectivity index (χ2v) is 6.90. The van der Waals surface area contributed by atoms with E-state index in [4.69, 9.17) is 0 Å². The summed E-state index contributed by atoms with van der Waals surface area (Å²) < 4.78 is 53.3. The Morgan fingerprint density at radius 1 is 1.09 bits per heavy atom. The van der Waals surface area contributed by atoms with Crippen LogP contribution in [0.1, 0.15) is 13.3 Å². The lowest BCUT2D eigenvalue weighted by Gasteiger charge is -2.26. The van der Waals surface area contributed by atoms with Gasteiger partial charge in [0, 0.05) is 6.07 Å². The average Bonchev–Trinajstić information content (AvgIpc) is 2.52. The normalized spacial score (nSPS) is 12.9. The van der Waals surface area contributed by atoms with Crippen molar-refractivity contribution in [2.24, 2.45) is 0 Å². The molecule has 2 aromatic rings. The van der Waals surface area contributed by atoms with Crippen molar-refractivity contribution in [1.82, 2.24) is 0 Å². The maximum atomic E-state index is 13.4. The predicted octanol–water partition coefficient (Wildman–Crippen LogP) is 2.93. The smallest absolute Gasteiger partial charge is 0.264 e. The molecular formula is C16H17F2NO3S. The van der Waals surface area contributed by atoms with Crippen molar-refractivity contribution in [1.29, 1.82) is 0 Å². The van der Waals surface area contributed by atoms with Crippen molar-refractivity contribution in [3.8, 4) is 0 Å². The van der Waals surface area contributed by atoms with Gasteiger partial charge in [-0.15, -0.1) is 0 Å². The lowest BCUT2D eigenvalue weighted by Crippen LogP contribution is -2.37. The van der Waals surface area contributed by atoms with Crippen LogP contribution in [-0.4, -0.2) is 26.2 Å². The molecule has 2 rings (SSSR count). The minimum absolute atomic E-state index is 0.207. The molecule has 0 radical (unpaired) electrons. The summed E-state index contributed by atoms with van der Waals surface area (Å²) >= 11 is 0. The zero-order valence-corrected chi connectivity index (χ0v) is 13.3. The quantitative estimate of drug-likeness (QED) is 0.879. The number of aliphatic hydroxyl groups excluding tert-OH is 1. The van der Waals surface area contributed by atoms with Crippen molar-refractivity contribution in [2.75, 3.05) is 10.8 Å². The SMILES string of the molecule is CCC(O)CN(c1ccccc1)S(=O)(=O)c1cc(F)cc(F)c1. The number of anilines is 1. The number of hydrogen-bond acceptors (Lipinski definition) is 3. The van der Waals surface area contributed by atoms with Gasteiger partial charge in [0.05, 0.1) is 23.2 Å². The fraction of sp³-hybridized carbons (Fsp3) is 0.250. The summed E-state index contributed by atoms with van der Waals surface area (Å²) in [4.78, 5) is -0.498. The molecule has 1 unspecified atom stereocenters. The number of para-hydroxylation sites is 1. The van der Waals surface area contributed by atoms with E-state index < -0.39 is 32.7 Å². The molecule has 0 fully saturated rings. The third-order valence-electron chi connectivity index (χ3n) is 3.32. The molecule has 7 heteroatoms. The van der Waals surface area contributed by atoms with Crippen molar-refractivity contribution in [2.45, 2.75) is 24.3 Å². The fourth-order valence-electron chi connectivity index (χ4n) is 2.06. The van der Waals surface area contributed by atoms with Crippen LogP contribution >= 0.6 is 0 Å². The van der Waals surface area contributed by atoms with Gasteiger partial charge in [0.1, 0.15) is 11.6 Å². The fourth-order valence-corrected chi connectivity index (χ4v) is 3.61. The highest BCUT2D eigenvalue weighted by atomic mass is 32.2. The molecule has 2 aromatic carbocycles. The van der Waals surface area contributed by atoms with E-state index >= 15 is 0 Å². The molecule has 0 bridgehead atoms. The Balaban J connectivity index is 2.52. The lowest BCUT2D eigenvalue weighted by molar-refractivity contribution is 0.179. The molecule has 0 saturated carbocycles. The predicted molar refractivity (Wildman–Crippen MR) is 83.6 cm³/mol. The monoisotopic (exact) mass is 341 g/mol. The third kappa shape index (κ3) is 4.05. The van der Waals surface area contributed by atoms with Gasteiger partial charge in [-0.25, -0.2) is 17.2 Å². The number of benzene rings is 2. The number of halogens is 2. The maximum absolute atomic E-state index is 13.4. The summed E-state index contributed by atoms with van der Waals surface area (Å²) in [7, 11) is -4.21. The molecule has 0 aliphatic rings. The number of rotatable bonds is 6. The highest BCUT2D eigenvalue weighted by molar-refractivity contribution is 7.92. The van der Waals surface area contributed by atoms with Gasteiger partial charge >= 0.3 is 0 Å². The summed E-state index contributed by atoms with van der Waals surface area (Å²) in [5.41, 5.74) is 0.310. The first-order valence-corrected chi connectivity index (χ1v) is 8.50. The maximum Gasteiger partial charge on any atom is 0.264 e. The number of nitrogens with zero attached hydrogens (tertiary/aromatic N) is 1. The Labute approximate surface area is 134 Å². The molecule has 0 aromatic heterocycles. The van der Waals surface area contributed by atoms with Crippen LogP contribution in [0, 0.1) is 11.6 Å². The van der Waals surface area contributed by atoms with Crippen LogP contribution < -0.4 is 4.31 Å². The minimum atomic E-state index is -4.21. The Bertz CT molecular complexity index is 746. The molecule has 23 heavy (non-hydrogen) atoms. The summed E-state index contributed by atoms with van der Waals surface area (Å²) in [5, 5.41) is 9.85. The van der Waals surface area contributed by atoms with Crippen molar-refractivity contribution < 1.29 is 22.3 Å². The zero-order chi connectivity index (χ0) is 17.0. The van der Waals surface area contributed by atoms with Crippen molar-refractivity contribution in [3.05, 3.63) is 60.2 Å². The number of aliphatic hydroxyl groups is 1. The molecular weight excluding hydrogens is 324 g/mol. The Hall–Kier alpha value is -1.99. The van der Waals surface area contributed by atoms with Crippen LogP contribution in [0.5, 0.6) is 0 Å². The molecule has 124 valence electrons. The van der Waals surface area contributed by atoms with Gasteiger partial charge in [-0.05, 0) is 30.7 Å². The molecule has 1 atom stereocenters. The summed E-state index contributed by atoms with van der Waals surface area (Å²) in [5.74, 6) is -1.96. The lowest BCUT2D eigenvalue weighted by atomic mass is 10.2. The largest absolute Gasteiger partial charge is 0.391 e. The van der Waals surface area contributed by atoms with Gasteiger partial charge in [-0.2, -0.15) is 0 Å². The summed E-state index contributed by atoms with van der Waals surface area (Å²) in [6, 6.07) is 10.2. The molecule has 0 heterocycles. The molecule has 1 N–H and O–H groups in total. The first-order chi connectivity index (χ1) is 10.8. The van der Waals surface area contributed by atoms with Crippen LogP contribution in [0.3, 0.4) is 0 Å². The van der Waals surface area contributed by atoms with E-state index in [1.165, 1.54) is 0 Å². The molecule has 4 nitrogen and oxygen atoms in total. The Morgan fingerprint density at radius 2 is 1.65 bits per heavy atom. The van der Waals surface area contributed by atoms with Gasteiger partial charge < -0.3 is 5.11 Å². The van der Waals surface area contributed by atoms with E-state index in [1.54, 1.807) is 37.3 Å². The van der Waals surface area contributed by atoms with Gasteiger partial charge in [0.25, 0.3) is 10.0 Å².